The third kappa shape index (κ3) is 3.98. The molecule has 0 spiro atoms. The smallest absolute Gasteiger partial charge is 0.178 e. The summed E-state index contributed by atoms with van der Waals surface area (Å²) in [6.07, 6.45) is 6.22. The van der Waals surface area contributed by atoms with Crippen LogP contribution < -0.4 is 10.9 Å². The summed E-state index contributed by atoms with van der Waals surface area (Å²) < 4.78 is 0. The number of hydrazine groups is 1. The number of thioether (sulfide) groups is 1. The van der Waals surface area contributed by atoms with Crippen molar-refractivity contribution in [1.82, 2.24) is 0 Å². The van der Waals surface area contributed by atoms with Crippen LogP contribution >= 0.6 is 11.8 Å². The number of aryl methyl sites for hydroxylation is 1. The molecule has 1 heterocycles. The summed E-state index contributed by atoms with van der Waals surface area (Å²) in [5, 5.41) is 2.70. The van der Waals surface area contributed by atoms with Gasteiger partial charge < -0.3 is 0 Å². The maximum atomic E-state index is 6.21. The summed E-state index contributed by atoms with van der Waals surface area (Å²) in [4.78, 5) is 4.44. The van der Waals surface area contributed by atoms with E-state index in [0.717, 1.165) is 29.6 Å². The van der Waals surface area contributed by atoms with Gasteiger partial charge in [0.05, 0.1) is 12.2 Å². The molecule has 1 aliphatic rings. The Kier molecular flexibility index (Phi) is 5.73. The zero-order valence-corrected chi connectivity index (χ0v) is 12.5. The minimum absolute atomic E-state index is 0.881. The fourth-order valence-corrected chi connectivity index (χ4v) is 3.06. The Balaban J connectivity index is 2.02. The van der Waals surface area contributed by atoms with Crippen molar-refractivity contribution in [3.05, 3.63) is 29.8 Å². The molecular weight excluding hydrogens is 254 g/mol. The van der Waals surface area contributed by atoms with E-state index in [9.17, 15) is 0 Å². The van der Waals surface area contributed by atoms with Crippen LogP contribution in [0.15, 0.2) is 29.3 Å². The van der Waals surface area contributed by atoms with E-state index in [0.29, 0.717) is 0 Å². The Morgan fingerprint density at radius 1 is 1.26 bits per heavy atom. The maximum Gasteiger partial charge on any atom is 0.178 e. The monoisotopic (exact) mass is 277 g/mol. The molecular formula is C15H23N3S. The van der Waals surface area contributed by atoms with Crippen LogP contribution in [0, 0.1) is 0 Å². The Labute approximate surface area is 120 Å². The number of amidine groups is 1. The molecule has 0 atom stereocenters. The van der Waals surface area contributed by atoms with Crippen LogP contribution in [-0.4, -0.2) is 17.5 Å². The first-order valence-electron chi connectivity index (χ1n) is 7.13. The SMILES string of the molecule is CCCCCCc1ccccc1N(N)C1=NCCS1. The highest BCUT2D eigenvalue weighted by atomic mass is 32.2. The van der Waals surface area contributed by atoms with Crippen molar-refractivity contribution in [2.45, 2.75) is 39.0 Å². The van der Waals surface area contributed by atoms with Gasteiger partial charge in [-0.3, -0.25) is 10.0 Å². The topological polar surface area (TPSA) is 41.6 Å². The van der Waals surface area contributed by atoms with Crippen LogP contribution in [0.1, 0.15) is 38.2 Å². The lowest BCUT2D eigenvalue weighted by molar-refractivity contribution is 0.666. The predicted molar refractivity (Wildman–Crippen MR) is 85.7 cm³/mol. The molecule has 0 aromatic heterocycles. The van der Waals surface area contributed by atoms with Crippen molar-refractivity contribution in [1.29, 1.82) is 0 Å². The van der Waals surface area contributed by atoms with Gasteiger partial charge in [-0.2, -0.15) is 0 Å². The van der Waals surface area contributed by atoms with Crippen LogP contribution in [0.5, 0.6) is 0 Å². The molecule has 0 bridgehead atoms. The molecule has 1 aromatic carbocycles. The summed E-state index contributed by atoms with van der Waals surface area (Å²) in [5.74, 6) is 7.26. The fourth-order valence-electron chi connectivity index (χ4n) is 2.27. The van der Waals surface area contributed by atoms with Gasteiger partial charge in [0, 0.05) is 5.75 Å². The Bertz CT molecular complexity index is 431. The lowest BCUT2D eigenvalue weighted by Crippen LogP contribution is -2.35. The number of benzene rings is 1. The Hall–Kier alpha value is -1.000. The molecule has 19 heavy (non-hydrogen) atoms. The number of anilines is 1. The van der Waals surface area contributed by atoms with Gasteiger partial charge in [0.25, 0.3) is 0 Å². The molecule has 0 saturated heterocycles. The molecule has 1 aromatic rings. The molecule has 0 fully saturated rings. The summed E-state index contributed by atoms with van der Waals surface area (Å²) in [5.41, 5.74) is 2.43. The summed E-state index contributed by atoms with van der Waals surface area (Å²) in [6.45, 7) is 3.12. The van der Waals surface area contributed by atoms with E-state index in [4.69, 9.17) is 5.84 Å². The number of hydrogen-bond donors (Lipinski definition) is 1. The molecule has 0 aliphatic carbocycles. The first-order valence-corrected chi connectivity index (χ1v) is 8.11. The van der Waals surface area contributed by atoms with E-state index in [1.165, 1.54) is 31.2 Å². The molecule has 4 heteroatoms. The van der Waals surface area contributed by atoms with Gasteiger partial charge in [-0.05, 0) is 24.5 Å². The van der Waals surface area contributed by atoms with E-state index in [1.807, 2.05) is 6.07 Å². The van der Waals surface area contributed by atoms with Gasteiger partial charge >= 0.3 is 0 Å². The number of aliphatic imine (C=N–C) groups is 1. The van der Waals surface area contributed by atoms with Crippen LogP contribution in [0.4, 0.5) is 5.69 Å². The first kappa shape index (κ1) is 14.4. The van der Waals surface area contributed by atoms with E-state index >= 15 is 0 Å². The fraction of sp³-hybridized carbons (Fsp3) is 0.533. The predicted octanol–water partition coefficient (Wildman–Crippen LogP) is 3.59. The highest BCUT2D eigenvalue weighted by molar-refractivity contribution is 8.14. The molecule has 0 saturated carbocycles. The maximum absolute atomic E-state index is 6.21. The summed E-state index contributed by atoms with van der Waals surface area (Å²) in [6, 6.07) is 8.42. The molecule has 104 valence electrons. The third-order valence-electron chi connectivity index (χ3n) is 3.33. The normalized spacial score (nSPS) is 14.5. The minimum Gasteiger partial charge on any atom is -0.260 e. The van der Waals surface area contributed by atoms with Crippen LogP contribution in [0.2, 0.25) is 0 Å². The largest absolute Gasteiger partial charge is 0.260 e. The summed E-state index contributed by atoms with van der Waals surface area (Å²) >= 11 is 1.74. The third-order valence-corrected chi connectivity index (χ3v) is 4.30. The lowest BCUT2D eigenvalue weighted by atomic mass is 10.0. The quantitative estimate of drug-likeness (QED) is 0.491. The van der Waals surface area contributed by atoms with Crippen LogP contribution in [-0.2, 0) is 6.42 Å². The second kappa shape index (κ2) is 7.56. The van der Waals surface area contributed by atoms with Crippen molar-refractivity contribution in [2.24, 2.45) is 10.8 Å². The average Bonchev–Trinajstić information content (AvgIpc) is 2.97. The van der Waals surface area contributed by atoms with Crippen molar-refractivity contribution in [3.8, 4) is 0 Å². The van der Waals surface area contributed by atoms with Gasteiger partial charge in [-0.1, -0.05) is 56.1 Å². The van der Waals surface area contributed by atoms with Gasteiger partial charge in [0.2, 0.25) is 0 Å². The molecule has 0 radical (unpaired) electrons. The number of nitrogens with two attached hydrogens (primary N) is 1. The molecule has 1 aliphatic heterocycles. The van der Waals surface area contributed by atoms with E-state index in [2.05, 4.69) is 30.1 Å². The molecule has 0 amide bonds. The van der Waals surface area contributed by atoms with E-state index in [1.54, 1.807) is 16.8 Å². The summed E-state index contributed by atoms with van der Waals surface area (Å²) in [7, 11) is 0. The van der Waals surface area contributed by atoms with Crippen LogP contribution in [0.25, 0.3) is 0 Å². The standard InChI is InChI=1S/C15H23N3S/c1-2-3-4-5-8-13-9-6-7-10-14(13)18(16)15-17-11-12-19-15/h6-7,9-10H,2-5,8,11-12,16H2,1H3. The number of rotatable bonds is 6. The highest BCUT2D eigenvalue weighted by Gasteiger charge is 2.16. The molecule has 3 nitrogen and oxygen atoms in total. The van der Waals surface area contributed by atoms with Crippen molar-refractivity contribution in [2.75, 3.05) is 17.3 Å². The number of hydrogen-bond acceptors (Lipinski definition) is 4. The van der Waals surface area contributed by atoms with Gasteiger partial charge in [-0.25, -0.2) is 5.84 Å². The van der Waals surface area contributed by atoms with Gasteiger partial charge in [0.1, 0.15) is 0 Å². The van der Waals surface area contributed by atoms with Gasteiger partial charge in [0.15, 0.2) is 5.17 Å². The number of nitrogens with zero attached hydrogens (tertiary/aromatic N) is 2. The molecule has 2 rings (SSSR count). The van der Waals surface area contributed by atoms with E-state index < -0.39 is 0 Å². The van der Waals surface area contributed by atoms with Crippen molar-refractivity contribution >= 4 is 22.6 Å². The minimum atomic E-state index is 0.881. The zero-order valence-electron chi connectivity index (χ0n) is 11.6. The van der Waals surface area contributed by atoms with Crippen molar-refractivity contribution < 1.29 is 0 Å². The molecule has 2 N–H and O–H groups in total. The zero-order chi connectivity index (χ0) is 13.5. The van der Waals surface area contributed by atoms with Gasteiger partial charge in [-0.15, -0.1) is 0 Å². The Morgan fingerprint density at radius 3 is 2.84 bits per heavy atom. The number of unbranched alkanes of at least 4 members (excludes halogenated alkanes) is 3. The van der Waals surface area contributed by atoms with Crippen molar-refractivity contribution in [3.63, 3.8) is 0 Å². The second-order valence-electron chi connectivity index (χ2n) is 4.82. The van der Waals surface area contributed by atoms with E-state index in [-0.39, 0.29) is 0 Å². The lowest BCUT2D eigenvalue weighted by Gasteiger charge is -2.21. The number of para-hydroxylation sites is 1. The highest BCUT2D eigenvalue weighted by Crippen LogP contribution is 2.25. The van der Waals surface area contributed by atoms with Crippen LogP contribution in [0.3, 0.4) is 0 Å². The first-order chi connectivity index (χ1) is 9.33. The second-order valence-corrected chi connectivity index (χ2v) is 5.88. The average molecular weight is 277 g/mol. The Morgan fingerprint density at radius 2 is 2.11 bits per heavy atom. The molecule has 0 unspecified atom stereocenters.